The summed E-state index contributed by atoms with van der Waals surface area (Å²) in [5, 5.41) is 13.8. The molecule has 10 heteroatoms. The Balaban J connectivity index is 1.39. The van der Waals surface area contributed by atoms with Gasteiger partial charge in [-0.1, -0.05) is 12.1 Å². The van der Waals surface area contributed by atoms with Crippen LogP contribution in [0.5, 0.6) is 0 Å². The van der Waals surface area contributed by atoms with Crippen LogP contribution in [0.2, 0.25) is 0 Å². The lowest BCUT2D eigenvalue weighted by Gasteiger charge is -2.33. The molecular formula is C28H33N7O3. The summed E-state index contributed by atoms with van der Waals surface area (Å²) in [5.74, 6) is 0.859. The minimum absolute atomic E-state index is 0.0283. The number of aromatic nitrogens is 2. The molecule has 0 spiro atoms. The Morgan fingerprint density at radius 1 is 1.13 bits per heavy atom. The molecule has 198 valence electrons. The highest BCUT2D eigenvalue weighted by Gasteiger charge is 2.27. The number of hydrogen-bond acceptors (Lipinski definition) is 8. The molecule has 0 saturated carbocycles. The smallest absolute Gasteiger partial charge is 0.410 e. The summed E-state index contributed by atoms with van der Waals surface area (Å²) < 4.78 is 5.44. The van der Waals surface area contributed by atoms with E-state index in [0.717, 1.165) is 5.69 Å². The van der Waals surface area contributed by atoms with Gasteiger partial charge in [0.2, 0.25) is 0 Å². The quantitative estimate of drug-likeness (QED) is 0.277. The number of nitrogen functional groups attached to an aromatic ring is 1. The number of likely N-dealkylation sites (tertiary alicyclic amines) is 1. The minimum atomic E-state index is -0.535. The molecule has 4 rings (SSSR count). The molecular weight excluding hydrogens is 482 g/mol. The average molecular weight is 516 g/mol. The number of hydrogen-bond donors (Lipinski definition) is 4. The lowest BCUT2D eigenvalue weighted by Crippen LogP contribution is -2.47. The van der Waals surface area contributed by atoms with E-state index in [-0.39, 0.29) is 18.0 Å². The summed E-state index contributed by atoms with van der Waals surface area (Å²) >= 11 is 0. The fourth-order valence-corrected chi connectivity index (χ4v) is 4.09. The van der Waals surface area contributed by atoms with Gasteiger partial charge in [0.05, 0.1) is 0 Å². The summed E-state index contributed by atoms with van der Waals surface area (Å²) in [5.41, 5.74) is 8.43. The largest absolute Gasteiger partial charge is 0.444 e. The van der Waals surface area contributed by atoms with E-state index in [9.17, 15) is 9.59 Å². The highest BCUT2D eigenvalue weighted by Crippen LogP contribution is 2.23. The summed E-state index contributed by atoms with van der Waals surface area (Å²) in [4.78, 5) is 35.9. The number of nitrogens with zero attached hydrogens (tertiary/aromatic N) is 3. The molecule has 0 unspecified atom stereocenters. The van der Waals surface area contributed by atoms with Crippen LogP contribution < -0.4 is 16.4 Å². The van der Waals surface area contributed by atoms with Crippen LogP contribution >= 0.6 is 0 Å². The van der Waals surface area contributed by atoms with Crippen molar-refractivity contribution in [3.8, 4) is 11.4 Å². The van der Waals surface area contributed by atoms with Gasteiger partial charge < -0.3 is 31.4 Å². The van der Waals surface area contributed by atoms with E-state index in [1.807, 2.05) is 32.9 Å². The second-order valence-corrected chi connectivity index (χ2v) is 10.2. The molecule has 0 atom stereocenters. The first kappa shape index (κ1) is 26.6. The molecule has 38 heavy (non-hydrogen) atoms. The fourth-order valence-electron chi connectivity index (χ4n) is 4.09. The van der Waals surface area contributed by atoms with Gasteiger partial charge in [-0.3, -0.25) is 4.79 Å². The molecule has 3 aromatic rings. The van der Waals surface area contributed by atoms with Gasteiger partial charge in [0, 0.05) is 59.6 Å². The maximum absolute atomic E-state index is 13.0. The van der Waals surface area contributed by atoms with E-state index < -0.39 is 5.60 Å². The molecule has 0 bridgehead atoms. The third kappa shape index (κ3) is 6.84. The number of rotatable bonds is 6. The predicted molar refractivity (Wildman–Crippen MR) is 148 cm³/mol. The third-order valence-electron chi connectivity index (χ3n) is 6.04. The van der Waals surface area contributed by atoms with Crippen molar-refractivity contribution < 1.29 is 14.3 Å². The van der Waals surface area contributed by atoms with Gasteiger partial charge in [-0.15, -0.1) is 0 Å². The number of nitrogens with one attached hydrogen (secondary N) is 3. The topological polar surface area (TPSA) is 146 Å². The Kier molecular flexibility index (Phi) is 7.90. The minimum Gasteiger partial charge on any atom is -0.444 e. The summed E-state index contributed by atoms with van der Waals surface area (Å²) in [6.45, 7) is 6.60. The first-order valence-electron chi connectivity index (χ1n) is 12.5. The van der Waals surface area contributed by atoms with Crippen molar-refractivity contribution in [1.29, 1.82) is 5.41 Å². The number of amides is 2. The molecule has 1 aliphatic rings. The molecule has 10 nitrogen and oxygen atoms in total. The van der Waals surface area contributed by atoms with Crippen molar-refractivity contribution in [3.63, 3.8) is 0 Å². The Hall–Kier alpha value is -4.47. The first-order chi connectivity index (χ1) is 18.1. The fraction of sp³-hybridized carbons (Fsp3) is 0.321. The van der Waals surface area contributed by atoms with Crippen molar-refractivity contribution in [2.75, 3.05) is 24.1 Å². The van der Waals surface area contributed by atoms with E-state index in [4.69, 9.17) is 15.9 Å². The second-order valence-electron chi connectivity index (χ2n) is 10.2. The van der Waals surface area contributed by atoms with Gasteiger partial charge in [-0.2, -0.15) is 0 Å². The Bertz CT molecular complexity index is 1330. The SMILES string of the molecule is CC(C)(C)OC(=O)N1CCC(NC(=O)c2cccc(-c3nccc(Nc4ccc(N)c(C=N)c4)n3)c2)CC1. The number of ether oxygens (including phenoxy) is 1. The molecule has 1 fully saturated rings. The summed E-state index contributed by atoms with van der Waals surface area (Å²) in [6, 6.07) is 14.2. The molecule has 1 saturated heterocycles. The van der Waals surface area contributed by atoms with Crippen molar-refractivity contribution in [1.82, 2.24) is 20.2 Å². The number of piperidine rings is 1. The van der Waals surface area contributed by atoms with Gasteiger partial charge in [-0.25, -0.2) is 14.8 Å². The number of benzene rings is 2. The zero-order valence-corrected chi connectivity index (χ0v) is 21.8. The molecule has 1 aliphatic heterocycles. The Morgan fingerprint density at radius 2 is 1.89 bits per heavy atom. The zero-order valence-electron chi connectivity index (χ0n) is 21.8. The van der Waals surface area contributed by atoms with Crippen molar-refractivity contribution in [2.45, 2.75) is 45.3 Å². The van der Waals surface area contributed by atoms with Crippen LogP contribution in [0, 0.1) is 5.41 Å². The van der Waals surface area contributed by atoms with Gasteiger partial charge in [0.25, 0.3) is 5.91 Å². The number of carbonyl (C=O) groups is 2. The maximum Gasteiger partial charge on any atom is 0.410 e. The van der Waals surface area contributed by atoms with Crippen LogP contribution in [0.15, 0.2) is 54.7 Å². The average Bonchev–Trinajstić information content (AvgIpc) is 2.89. The Labute approximate surface area is 222 Å². The molecule has 1 aromatic heterocycles. The molecule has 0 radical (unpaired) electrons. The van der Waals surface area contributed by atoms with Crippen molar-refractivity contribution >= 4 is 35.4 Å². The monoisotopic (exact) mass is 515 g/mol. The van der Waals surface area contributed by atoms with Gasteiger partial charge >= 0.3 is 6.09 Å². The number of carbonyl (C=O) groups excluding carboxylic acids is 2. The van der Waals surface area contributed by atoms with Crippen LogP contribution in [-0.2, 0) is 4.74 Å². The van der Waals surface area contributed by atoms with E-state index in [1.165, 1.54) is 6.21 Å². The van der Waals surface area contributed by atoms with Crippen LogP contribution in [-0.4, -0.2) is 57.8 Å². The van der Waals surface area contributed by atoms with Gasteiger partial charge in [0.1, 0.15) is 11.4 Å². The van der Waals surface area contributed by atoms with E-state index in [1.54, 1.807) is 47.5 Å². The number of nitrogens with two attached hydrogens (primary N) is 1. The highest BCUT2D eigenvalue weighted by molar-refractivity contribution is 5.95. The highest BCUT2D eigenvalue weighted by atomic mass is 16.6. The zero-order chi connectivity index (χ0) is 27.3. The summed E-state index contributed by atoms with van der Waals surface area (Å²) in [7, 11) is 0. The van der Waals surface area contributed by atoms with Crippen molar-refractivity contribution in [3.05, 3.63) is 65.9 Å². The van der Waals surface area contributed by atoms with Gasteiger partial charge in [0.15, 0.2) is 5.82 Å². The predicted octanol–water partition coefficient (Wildman–Crippen LogP) is 4.60. The van der Waals surface area contributed by atoms with Crippen LogP contribution in [0.4, 0.5) is 22.0 Å². The van der Waals surface area contributed by atoms with Crippen LogP contribution in [0.25, 0.3) is 11.4 Å². The molecule has 2 amide bonds. The molecule has 0 aliphatic carbocycles. The van der Waals surface area contributed by atoms with E-state index in [0.29, 0.717) is 60.0 Å². The first-order valence-corrected chi connectivity index (χ1v) is 12.5. The summed E-state index contributed by atoms with van der Waals surface area (Å²) in [6.07, 6.45) is 3.84. The number of anilines is 3. The lowest BCUT2D eigenvalue weighted by molar-refractivity contribution is 0.0199. The standard InChI is InChI=1S/C28H33N7O3/c1-28(2,3)38-27(37)35-13-10-21(11-14-35)33-26(36)19-6-4-5-18(15-19)25-31-12-9-24(34-25)32-22-7-8-23(30)20(16-22)17-29/h4-9,12,15-17,21,29H,10-11,13-14,30H2,1-3H3,(H,33,36)(H,31,32,34). The van der Waals surface area contributed by atoms with Gasteiger partial charge in [-0.05, 0) is 70.0 Å². The normalized spacial score (nSPS) is 14.0. The molecule has 2 aromatic carbocycles. The van der Waals surface area contributed by atoms with Crippen LogP contribution in [0.3, 0.4) is 0 Å². The van der Waals surface area contributed by atoms with Crippen molar-refractivity contribution in [2.24, 2.45) is 0 Å². The molecule has 2 heterocycles. The maximum atomic E-state index is 13.0. The third-order valence-corrected chi connectivity index (χ3v) is 6.04. The second kappa shape index (κ2) is 11.3. The molecule has 5 N–H and O–H groups in total. The van der Waals surface area contributed by atoms with E-state index >= 15 is 0 Å². The van der Waals surface area contributed by atoms with Crippen LogP contribution in [0.1, 0.15) is 49.5 Å². The lowest BCUT2D eigenvalue weighted by atomic mass is 10.0. The Morgan fingerprint density at radius 3 is 2.61 bits per heavy atom. The van der Waals surface area contributed by atoms with E-state index in [2.05, 4.69) is 20.6 Å².